The molecule has 0 aliphatic carbocycles. The first-order valence-electron chi connectivity index (χ1n) is 4.41. The molecular formula is C10H9F3O2S. The molecule has 0 aliphatic heterocycles. The number of thioether (sulfide) groups is 1. The molecule has 0 aliphatic rings. The van der Waals surface area contributed by atoms with Gasteiger partial charge in [0.25, 0.3) is 0 Å². The molecular weight excluding hydrogens is 241 g/mol. The largest absolute Gasteiger partial charge is 0.478 e. The zero-order valence-electron chi connectivity index (χ0n) is 8.12. The van der Waals surface area contributed by atoms with E-state index in [2.05, 4.69) is 0 Å². The summed E-state index contributed by atoms with van der Waals surface area (Å²) in [6.45, 7) is 0. The quantitative estimate of drug-likeness (QED) is 0.891. The minimum absolute atomic E-state index is 0.0596. The number of benzene rings is 1. The number of aryl methyl sites for hydroxylation is 1. The molecule has 6 heteroatoms. The van der Waals surface area contributed by atoms with Crippen molar-refractivity contribution in [1.29, 1.82) is 0 Å². The van der Waals surface area contributed by atoms with Gasteiger partial charge in [-0.05, 0) is 24.1 Å². The fourth-order valence-corrected chi connectivity index (χ4v) is 1.67. The Balaban J connectivity index is 2.47. The molecule has 0 saturated carbocycles. The molecule has 0 aromatic heterocycles. The molecule has 0 bridgehead atoms. The van der Waals surface area contributed by atoms with Gasteiger partial charge < -0.3 is 5.11 Å². The summed E-state index contributed by atoms with van der Waals surface area (Å²) in [4.78, 5) is 10.5. The number of carbonyl (C=O) groups is 1. The molecule has 0 unspecified atom stereocenters. The highest BCUT2D eigenvalue weighted by molar-refractivity contribution is 8.00. The summed E-state index contributed by atoms with van der Waals surface area (Å²) in [7, 11) is 0. The van der Waals surface area contributed by atoms with E-state index in [4.69, 9.17) is 5.11 Å². The van der Waals surface area contributed by atoms with E-state index < -0.39 is 11.5 Å². The number of halogens is 3. The molecule has 88 valence electrons. The first kappa shape index (κ1) is 12.9. The van der Waals surface area contributed by atoms with Crippen molar-refractivity contribution in [3.63, 3.8) is 0 Å². The predicted octanol–water partition coefficient (Wildman–Crippen LogP) is 3.18. The molecule has 1 N–H and O–H groups in total. The van der Waals surface area contributed by atoms with Gasteiger partial charge in [-0.25, -0.2) is 4.79 Å². The maximum atomic E-state index is 11.8. The van der Waals surface area contributed by atoms with Crippen molar-refractivity contribution >= 4 is 17.7 Å². The lowest BCUT2D eigenvalue weighted by atomic mass is 10.1. The number of rotatable bonds is 4. The second-order valence-electron chi connectivity index (χ2n) is 3.05. The van der Waals surface area contributed by atoms with Crippen LogP contribution in [-0.2, 0) is 6.42 Å². The first-order valence-corrected chi connectivity index (χ1v) is 5.40. The third-order valence-electron chi connectivity index (χ3n) is 1.86. The Hall–Kier alpha value is -1.17. The molecule has 1 rings (SSSR count). The summed E-state index contributed by atoms with van der Waals surface area (Å²) in [6, 6.07) is 5.83. The van der Waals surface area contributed by atoms with Gasteiger partial charge in [0.1, 0.15) is 0 Å². The maximum absolute atomic E-state index is 11.8. The summed E-state index contributed by atoms with van der Waals surface area (Å²) in [5.41, 5.74) is -3.38. The van der Waals surface area contributed by atoms with Gasteiger partial charge in [-0.1, -0.05) is 23.9 Å². The maximum Gasteiger partial charge on any atom is 0.441 e. The lowest BCUT2D eigenvalue weighted by Gasteiger charge is -2.05. The molecule has 1 aromatic carbocycles. The molecule has 2 nitrogen and oxygen atoms in total. The van der Waals surface area contributed by atoms with Crippen molar-refractivity contribution in [2.45, 2.75) is 11.9 Å². The number of hydrogen-bond donors (Lipinski definition) is 1. The van der Waals surface area contributed by atoms with Gasteiger partial charge in [0.05, 0.1) is 5.56 Å². The molecule has 0 fully saturated rings. The second-order valence-corrected chi connectivity index (χ2v) is 4.21. The molecule has 0 saturated heterocycles. The smallest absolute Gasteiger partial charge is 0.441 e. The number of carboxylic acid groups (broad SMARTS) is 1. The van der Waals surface area contributed by atoms with Crippen molar-refractivity contribution in [2.24, 2.45) is 0 Å². The van der Waals surface area contributed by atoms with E-state index in [-0.39, 0.29) is 29.5 Å². The minimum atomic E-state index is -4.21. The average molecular weight is 250 g/mol. The van der Waals surface area contributed by atoms with Crippen LogP contribution < -0.4 is 0 Å². The lowest BCUT2D eigenvalue weighted by molar-refractivity contribution is -0.0327. The standard InChI is InChI=1S/C10H9F3O2S/c11-10(12,13)16-6-5-7-1-3-8(4-2-7)9(14)15/h1-4H,5-6H2,(H,14,15). The normalized spacial score (nSPS) is 11.4. The SMILES string of the molecule is O=C(O)c1ccc(CCSC(F)(F)F)cc1. The number of hydrogen-bond acceptors (Lipinski definition) is 2. The van der Waals surface area contributed by atoms with Crippen molar-refractivity contribution < 1.29 is 23.1 Å². The predicted molar refractivity (Wildman–Crippen MR) is 55.6 cm³/mol. The highest BCUT2D eigenvalue weighted by Crippen LogP contribution is 2.30. The molecule has 16 heavy (non-hydrogen) atoms. The molecule has 0 atom stereocenters. The average Bonchev–Trinajstić information content (AvgIpc) is 2.16. The summed E-state index contributed by atoms with van der Waals surface area (Å²) >= 11 is -0.0774. The van der Waals surface area contributed by atoms with Gasteiger partial charge in [0.15, 0.2) is 0 Å². The van der Waals surface area contributed by atoms with Crippen LogP contribution in [0.5, 0.6) is 0 Å². The first-order chi connectivity index (χ1) is 7.38. The summed E-state index contributed by atoms with van der Waals surface area (Å²) in [5, 5.41) is 8.61. The number of alkyl halides is 3. The van der Waals surface area contributed by atoms with E-state index in [9.17, 15) is 18.0 Å². The van der Waals surface area contributed by atoms with Crippen LogP contribution in [0, 0.1) is 0 Å². The summed E-state index contributed by atoms with van der Waals surface area (Å²) < 4.78 is 35.4. The number of aromatic carboxylic acids is 1. The van der Waals surface area contributed by atoms with E-state index in [1.54, 1.807) is 0 Å². The van der Waals surface area contributed by atoms with Gasteiger partial charge in [-0.2, -0.15) is 13.2 Å². The van der Waals surface area contributed by atoms with Gasteiger partial charge in [0, 0.05) is 5.75 Å². The van der Waals surface area contributed by atoms with Crippen LogP contribution in [0.15, 0.2) is 24.3 Å². The third-order valence-corrected chi connectivity index (χ3v) is 2.59. The van der Waals surface area contributed by atoms with Gasteiger partial charge in [0.2, 0.25) is 0 Å². The Labute approximate surface area is 94.5 Å². The van der Waals surface area contributed by atoms with Crippen LogP contribution in [-0.4, -0.2) is 22.3 Å². The fourth-order valence-electron chi connectivity index (χ4n) is 1.10. The monoisotopic (exact) mass is 250 g/mol. The Morgan fingerprint density at radius 3 is 2.25 bits per heavy atom. The van der Waals surface area contributed by atoms with Crippen LogP contribution in [0.2, 0.25) is 0 Å². The highest BCUT2D eigenvalue weighted by atomic mass is 32.2. The number of carboxylic acids is 1. The van der Waals surface area contributed by atoms with E-state index in [0.717, 1.165) is 0 Å². The Morgan fingerprint density at radius 1 is 1.25 bits per heavy atom. The van der Waals surface area contributed by atoms with Crippen LogP contribution in [0.4, 0.5) is 13.2 Å². The minimum Gasteiger partial charge on any atom is -0.478 e. The molecule has 1 aromatic rings. The van der Waals surface area contributed by atoms with Gasteiger partial charge in [-0.3, -0.25) is 0 Å². The second kappa shape index (κ2) is 5.25. The van der Waals surface area contributed by atoms with Crippen molar-refractivity contribution in [3.8, 4) is 0 Å². The van der Waals surface area contributed by atoms with Crippen molar-refractivity contribution in [3.05, 3.63) is 35.4 Å². The van der Waals surface area contributed by atoms with E-state index in [0.29, 0.717) is 5.56 Å². The zero-order valence-corrected chi connectivity index (χ0v) is 8.94. The lowest BCUT2D eigenvalue weighted by Crippen LogP contribution is -2.03. The Kier molecular flexibility index (Phi) is 4.23. The van der Waals surface area contributed by atoms with E-state index in [1.165, 1.54) is 24.3 Å². The van der Waals surface area contributed by atoms with Crippen LogP contribution >= 0.6 is 11.8 Å². The van der Waals surface area contributed by atoms with Crippen LogP contribution in [0.1, 0.15) is 15.9 Å². The molecule has 0 radical (unpaired) electrons. The Bertz CT molecular complexity index is 359. The zero-order chi connectivity index (χ0) is 12.2. The van der Waals surface area contributed by atoms with E-state index >= 15 is 0 Å². The van der Waals surface area contributed by atoms with Crippen molar-refractivity contribution in [2.75, 3.05) is 5.75 Å². The Morgan fingerprint density at radius 2 is 1.81 bits per heavy atom. The topological polar surface area (TPSA) is 37.3 Å². The fraction of sp³-hybridized carbons (Fsp3) is 0.300. The molecule has 0 amide bonds. The summed E-state index contributed by atoms with van der Waals surface area (Å²) in [5.74, 6) is -1.10. The third kappa shape index (κ3) is 4.57. The summed E-state index contributed by atoms with van der Waals surface area (Å²) in [6.07, 6.45) is 0.268. The van der Waals surface area contributed by atoms with Gasteiger partial charge >= 0.3 is 11.5 Å². The molecule has 0 spiro atoms. The van der Waals surface area contributed by atoms with E-state index in [1.807, 2.05) is 0 Å². The van der Waals surface area contributed by atoms with Crippen LogP contribution in [0.25, 0.3) is 0 Å². The highest BCUT2D eigenvalue weighted by Gasteiger charge is 2.27. The molecule has 0 heterocycles. The van der Waals surface area contributed by atoms with Gasteiger partial charge in [-0.15, -0.1) is 0 Å². The van der Waals surface area contributed by atoms with Crippen LogP contribution in [0.3, 0.4) is 0 Å². The van der Waals surface area contributed by atoms with Crippen molar-refractivity contribution in [1.82, 2.24) is 0 Å².